The molecule has 0 saturated carbocycles. The lowest BCUT2D eigenvalue weighted by atomic mass is 10.1. The summed E-state index contributed by atoms with van der Waals surface area (Å²) in [6.45, 7) is 6.32. The van der Waals surface area contributed by atoms with E-state index >= 15 is 0 Å². The molecule has 3 aromatic rings. The Labute approximate surface area is 156 Å². The Balaban J connectivity index is 1.62. The number of rotatable bonds is 4. The van der Waals surface area contributed by atoms with E-state index in [-0.39, 0.29) is 11.6 Å². The third-order valence-electron chi connectivity index (χ3n) is 3.83. The number of urea groups is 1. The number of hydrogen-bond donors (Lipinski definition) is 2. The second-order valence-electron chi connectivity index (χ2n) is 6.94. The Morgan fingerprint density at radius 2 is 2.15 bits per heavy atom. The highest BCUT2D eigenvalue weighted by Crippen LogP contribution is 2.23. The minimum Gasteiger partial charge on any atom is -0.334 e. The number of anilines is 1. The molecule has 0 unspecified atom stereocenters. The average Bonchev–Trinajstić information content (AvgIpc) is 3.30. The molecule has 0 bridgehead atoms. The van der Waals surface area contributed by atoms with Crippen LogP contribution in [-0.4, -0.2) is 30.3 Å². The number of aromatic nitrogens is 5. The number of amides is 2. The molecular formula is C18H20N8O. The first-order valence-electron chi connectivity index (χ1n) is 8.34. The normalized spacial score (nSPS) is 11.0. The van der Waals surface area contributed by atoms with E-state index in [0.29, 0.717) is 23.7 Å². The monoisotopic (exact) mass is 364 g/mol. The van der Waals surface area contributed by atoms with Crippen LogP contribution in [0.25, 0.3) is 5.82 Å². The number of nitrogens with one attached hydrogen (secondary N) is 2. The van der Waals surface area contributed by atoms with Gasteiger partial charge >= 0.3 is 6.03 Å². The molecule has 9 nitrogen and oxygen atoms in total. The van der Waals surface area contributed by atoms with Crippen LogP contribution in [0.3, 0.4) is 0 Å². The number of nitrogens with zero attached hydrogens (tertiary/aromatic N) is 6. The van der Waals surface area contributed by atoms with Crippen LogP contribution >= 0.6 is 0 Å². The van der Waals surface area contributed by atoms with E-state index in [2.05, 4.69) is 31.8 Å². The van der Waals surface area contributed by atoms with Gasteiger partial charge in [0.05, 0.1) is 5.56 Å². The second-order valence-corrected chi connectivity index (χ2v) is 6.94. The number of pyridine rings is 1. The SMILES string of the molecule is CC(C)(C)n1cc(C#N)cc1NC(=O)NCc1ccc(-n2cncn2)nc1. The van der Waals surface area contributed by atoms with E-state index in [9.17, 15) is 4.79 Å². The molecule has 3 heterocycles. The predicted molar refractivity (Wildman–Crippen MR) is 99.2 cm³/mol. The smallest absolute Gasteiger partial charge is 0.320 e. The third-order valence-corrected chi connectivity index (χ3v) is 3.83. The van der Waals surface area contributed by atoms with Crippen molar-refractivity contribution >= 4 is 11.8 Å². The predicted octanol–water partition coefficient (Wildman–Crippen LogP) is 2.41. The second kappa shape index (κ2) is 7.29. The van der Waals surface area contributed by atoms with E-state index in [1.54, 1.807) is 35.5 Å². The minimum atomic E-state index is -0.358. The molecule has 2 amide bonds. The van der Waals surface area contributed by atoms with Crippen molar-refractivity contribution in [1.29, 1.82) is 5.26 Å². The van der Waals surface area contributed by atoms with Gasteiger partial charge in [0.1, 0.15) is 24.5 Å². The molecule has 27 heavy (non-hydrogen) atoms. The zero-order valence-electron chi connectivity index (χ0n) is 15.3. The van der Waals surface area contributed by atoms with Crippen LogP contribution in [0.1, 0.15) is 31.9 Å². The van der Waals surface area contributed by atoms with Crippen molar-refractivity contribution in [2.75, 3.05) is 5.32 Å². The summed E-state index contributed by atoms with van der Waals surface area (Å²) < 4.78 is 3.41. The molecule has 0 spiro atoms. The minimum absolute atomic E-state index is 0.265. The Morgan fingerprint density at radius 1 is 1.33 bits per heavy atom. The van der Waals surface area contributed by atoms with Gasteiger partial charge in [-0.15, -0.1) is 0 Å². The lowest BCUT2D eigenvalue weighted by Crippen LogP contribution is -2.31. The van der Waals surface area contributed by atoms with Gasteiger partial charge in [-0.3, -0.25) is 5.32 Å². The maximum Gasteiger partial charge on any atom is 0.320 e. The summed E-state index contributed by atoms with van der Waals surface area (Å²) in [6.07, 6.45) is 6.39. The summed E-state index contributed by atoms with van der Waals surface area (Å²) in [5.41, 5.74) is 1.07. The maximum atomic E-state index is 12.3. The summed E-state index contributed by atoms with van der Waals surface area (Å²) in [5.74, 6) is 1.21. The van der Waals surface area contributed by atoms with Gasteiger partial charge < -0.3 is 9.88 Å². The summed E-state index contributed by atoms with van der Waals surface area (Å²) in [6, 6.07) is 7.05. The van der Waals surface area contributed by atoms with Crippen LogP contribution in [0.2, 0.25) is 0 Å². The maximum absolute atomic E-state index is 12.3. The van der Waals surface area contributed by atoms with Gasteiger partial charge in [0.15, 0.2) is 5.82 Å². The molecule has 0 radical (unpaired) electrons. The molecule has 0 aliphatic carbocycles. The molecule has 0 aliphatic rings. The van der Waals surface area contributed by atoms with Crippen LogP contribution in [-0.2, 0) is 12.1 Å². The molecule has 0 atom stereocenters. The average molecular weight is 364 g/mol. The number of carbonyl (C=O) groups is 1. The van der Waals surface area contributed by atoms with Crippen molar-refractivity contribution in [3.8, 4) is 11.9 Å². The van der Waals surface area contributed by atoms with Crippen LogP contribution < -0.4 is 10.6 Å². The van der Waals surface area contributed by atoms with Crippen molar-refractivity contribution in [1.82, 2.24) is 29.6 Å². The lowest BCUT2D eigenvalue weighted by Gasteiger charge is -2.24. The van der Waals surface area contributed by atoms with Gasteiger partial charge in [-0.1, -0.05) is 6.07 Å². The zero-order valence-corrected chi connectivity index (χ0v) is 15.3. The molecule has 0 aliphatic heterocycles. The number of carbonyl (C=O) groups excluding carboxylic acids is 1. The van der Waals surface area contributed by atoms with Crippen LogP contribution in [0.5, 0.6) is 0 Å². The Bertz CT molecular complexity index is 958. The fourth-order valence-corrected chi connectivity index (χ4v) is 2.50. The van der Waals surface area contributed by atoms with E-state index < -0.39 is 0 Å². The van der Waals surface area contributed by atoms with Gasteiger partial charge in [-0.25, -0.2) is 19.4 Å². The van der Waals surface area contributed by atoms with Crippen molar-refractivity contribution < 1.29 is 4.79 Å². The van der Waals surface area contributed by atoms with Crippen molar-refractivity contribution in [2.24, 2.45) is 0 Å². The first kappa shape index (κ1) is 18.1. The molecule has 9 heteroatoms. The highest BCUT2D eigenvalue weighted by Gasteiger charge is 2.19. The number of hydrogen-bond acceptors (Lipinski definition) is 5. The molecule has 2 N–H and O–H groups in total. The van der Waals surface area contributed by atoms with Crippen LogP contribution in [0, 0.1) is 11.3 Å². The van der Waals surface area contributed by atoms with E-state index in [0.717, 1.165) is 5.56 Å². The van der Waals surface area contributed by atoms with Gasteiger partial charge in [-0.05, 0) is 38.5 Å². The summed E-state index contributed by atoms with van der Waals surface area (Å²) in [5, 5.41) is 18.7. The van der Waals surface area contributed by atoms with Gasteiger partial charge in [-0.2, -0.15) is 10.4 Å². The van der Waals surface area contributed by atoms with Crippen molar-refractivity contribution in [3.63, 3.8) is 0 Å². The largest absolute Gasteiger partial charge is 0.334 e. The Morgan fingerprint density at radius 3 is 2.74 bits per heavy atom. The molecule has 0 aromatic carbocycles. The van der Waals surface area contributed by atoms with Crippen LogP contribution in [0.4, 0.5) is 10.6 Å². The standard InChI is InChI=1S/C18H20N8O/c1-18(2,3)25-10-14(7-19)6-16(25)24-17(27)22-9-13-4-5-15(21-8-13)26-12-20-11-23-26/h4-6,8,10-12H,9H2,1-3H3,(H2,22,24,27). The van der Waals surface area contributed by atoms with Crippen molar-refractivity contribution in [2.45, 2.75) is 32.9 Å². The van der Waals surface area contributed by atoms with E-state index in [4.69, 9.17) is 5.26 Å². The van der Waals surface area contributed by atoms with E-state index in [1.165, 1.54) is 6.33 Å². The molecule has 3 rings (SSSR count). The van der Waals surface area contributed by atoms with Crippen molar-refractivity contribution in [3.05, 3.63) is 54.4 Å². The highest BCUT2D eigenvalue weighted by atomic mass is 16.2. The lowest BCUT2D eigenvalue weighted by molar-refractivity contribution is 0.251. The topological polar surface area (TPSA) is 113 Å². The van der Waals surface area contributed by atoms with E-state index in [1.807, 2.05) is 31.4 Å². The molecule has 0 saturated heterocycles. The fraction of sp³-hybridized carbons (Fsp3) is 0.278. The zero-order chi connectivity index (χ0) is 19.4. The van der Waals surface area contributed by atoms with Gasteiger partial charge in [0.2, 0.25) is 0 Å². The molecule has 3 aromatic heterocycles. The van der Waals surface area contributed by atoms with Gasteiger partial charge in [0, 0.05) is 24.5 Å². The summed E-state index contributed by atoms with van der Waals surface area (Å²) in [4.78, 5) is 20.4. The molecule has 0 fully saturated rings. The Kier molecular flexibility index (Phi) is 4.90. The third kappa shape index (κ3) is 4.30. The highest BCUT2D eigenvalue weighted by molar-refractivity contribution is 5.88. The quantitative estimate of drug-likeness (QED) is 0.738. The van der Waals surface area contributed by atoms with Gasteiger partial charge in [0.25, 0.3) is 0 Å². The Hall–Kier alpha value is -3.67. The first-order valence-corrected chi connectivity index (χ1v) is 8.34. The summed E-state index contributed by atoms with van der Waals surface area (Å²) >= 11 is 0. The number of nitriles is 1. The molecule has 138 valence electrons. The fourth-order valence-electron chi connectivity index (χ4n) is 2.50. The molecular weight excluding hydrogens is 344 g/mol. The summed E-state index contributed by atoms with van der Waals surface area (Å²) in [7, 11) is 0. The van der Waals surface area contributed by atoms with Crippen LogP contribution in [0.15, 0.2) is 43.2 Å². The first-order chi connectivity index (χ1) is 12.9.